The van der Waals surface area contributed by atoms with Crippen molar-refractivity contribution in [2.24, 2.45) is 5.41 Å². The molecule has 2 nitrogen and oxygen atoms in total. The van der Waals surface area contributed by atoms with Crippen molar-refractivity contribution >= 4 is 5.97 Å². The standard InChI is InChI=1S/C14H28O2/c1-6-8-9-10-11-12(3)16-13(15)14(4,5)7-2/h12H,6-11H2,1-5H3. The van der Waals surface area contributed by atoms with Gasteiger partial charge < -0.3 is 4.74 Å². The molecule has 0 spiro atoms. The molecule has 0 aromatic carbocycles. The van der Waals surface area contributed by atoms with Crippen molar-refractivity contribution < 1.29 is 9.53 Å². The third-order valence-corrected chi connectivity index (χ3v) is 3.21. The minimum absolute atomic E-state index is 0.0574. The van der Waals surface area contributed by atoms with E-state index in [1.807, 2.05) is 27.7 Å². The van der Waals surface area contributed by atoms with Crippen LogP contribution in [0.5, 0.6) is 0 Å². The molecule has 0 aliphatic carbocycles. The third kappa shape index (κ3) is 6.14. The zero-order valence-electron chi connectivity index (χ0n) is 11.6. The van der Waals surface area contributed by atoms with Crippen LogP contribution in [0.15, 0.2) is 0 Å². The van der Waals surface area contributed by atoms with Gasteiger partial charge in [0.2, 0.25) is 0 Å². The summed E-state index contributed by atoms with van der Waals surface area (Å²) in [5, 5.41) is 0. The first-order valence-corrected chi connectivity index (χ1v) is 6.65. The van der Waals surface area contributed by atoms with Gasteiger partial charge in [0.15, 0.2) is 0 Å². The van der Waals surface area contributed by atoms with Crippen LogP contribution in [-0.2, 0) is 9.53 Å². The smallest absolute Gasteiger partial charge is 0.311 e. The lowest BCUT2D eigenvalue weighted by Gasteiger charge is -2.23. The van der Waals surface area contributed by atoms with Crippen molar-refractivity contribution in [2.75, 3.05) is 0 Å². The molecule has 96 valence electrons. The molecule has 16 heavy (non-hydrogen) atoms. The summed E-state index contributed by atoms with van der Waals surface area (Å²) in [5.74, 6) is -0.0574. The molecule has 0 rings (SSSR count). The Morgan fingerprint density at radius 1 is 1.19 bits per heavy atom. The van der Waals surface area contributed by atoms with Gasteiger partial charge in [-0.05, 0) is 40.0 Å². The van der Waals surface area contributed by atoms with Crippen LogP contribution in [0.4, 0.5) is 0 Å². The summed E-state index contributed by atoms with van der Waals surface area (Å²) in [6.07, 6.45) is 6.82. The maximum atomic E-state index is 11.8. The Bertz CT molecular complexity index is 197. The minimum atomic E-state index is -0.336. The van der Waals surface area contributed by atoms with E-state index in [1.165, 1.54) is 19.3 Å². The quantitative estimate of drug-likeness (QED) is 0.456. The average Bonchev–Trinajstić information content (AvgIpc) is 2.24. The minimum Gasteiger partial charge on any atom is -0.462 e. The molecule has 1 unspecified atom stereocenters. The summed E-state index contributed by atoms with van der Waals surface area (Å²) in [4.78, 5) is 11.8. The van der Waals surface area contributed by atoms with Gasteiger partial charge >= 0.3 is 5.97 Å². The summed E-state index contributed by atoms with van der Waals surface area (Å²) in [5.41, 5.74) is -0.336. The Balaban J connectivity index is 3.78. The third-order valence-electron chi connectivity index (χ3n) is 3.21. The van der Waals surface area contributed by atoms with E-state index in [0.717, 1.165) is 19.3 Å². The first-order valence-electron chi connectivity index (χ1n) is 6.65. The van der Waals surface area contributed by atoms with Gasteiger partial charge in [0.1, 0.15) is 0 Å². The molecule has 0 radical (unpaired) electrons. The predicted molar refractivity (Wildman–Crippen MR) is 68.4 cm³/mol. The molecule has 0 amide bonds. The molecule has 0 saturated heterocycles. The van der Waals surface area contributed by atoms with Crippen LogP contribution in [0.25, 0.3) is 0 Å². The van der Waals surface area contributed by atoms with E-state index >= 15 is 0 Å². The first-order chi connectivity index (χ1) is 7.44. The summed E-state index contributed by atoms with van der Waals surface area (Å²) >= 11 is 0. The van der Waals surface area contributed by atoms with Gasteiger partial charge in [0, 0.05) is 0 Å². The van der Waals surface area contributed by atoms with Crippen molar-refractivity contribution in [3.05, 3.63) is 0 Å². The molecular weight excluding hydrogens is 200 g/mol. The van der Waals surface area contributed by atoms with Gasteiger partial charge in [0.05, 0.1) is 11.5 Å². The second-order valence-corrected chi connectivity index (χ2v) is 5.30. The number of esters is 1. The number of hydrogen-bond acceptors (Lipinski definition) is 2. The Morgan fingerprint density at radius 2 is 1.81 bits per heavy atom. The normalized spacial score (nSPS) is 13.6. The Labute approximate surface area is 101 Å². The Morgan fingerprint density at radius 3 is 2.31 bits per heavy atom. The van der Waals surface area contributed by atoms with Crippen LogP contribution in [0.1, 0.15) is 73.1 Å². The molecule has 0 aliphatic heterocycles. The van der Waals surface area contributed by atoms with E-state index in [4.69, 9.17) is 4.74 Å². The van der Waals surface area contributed by atoms with Crippen molar-refractivity contribution in [3.63, 3.8) is 0 Å². The summed E-state index contributed by atoms with van der Waals surface area (Å²) in [6, 6.07) is 0. The SMILES string of the molecule is CCCCCCC(C)OC(=O)C(C)(C)CC. The number of carbonyl (C=O) groups is 1. The van der Waals surface area contributed by atoms with Crippen LogP contribution in [0.2, 0.25) is 0 Å². The lowest BCUT2D eigenvalue weighted by Crippen LogP contribution is -2.29. The summed E-state index contributed by atoms with van der Waals surface area (Å²) < 4.78 is 5.45. The Hall–Kier alpha value is -0.530. The average molecular weight is 228 g/mol. The molecule has 2 heteroatoms. The second kappa shape index (κ2) is 7.70. The molecule has 1 atom stereocenters. The van der Waals surface area contributed by atoms with E-state index in [9.17, 15) is 4.79 Å². The monoisotopic (exact) mass is 228 g/mol. The number of unbranched alkanes of at least 4 members (excludes halogenated alkanes) is 3. The number of rotatable bonds is 8. The fourth-order valence-corrected chi connectivity index (χ4v) is 1.40. The van der Waals surface area contributed by atoms with E-state index < -0.39 is 0 Å². The van der Waals surface area contributed by atoms with Gasteiger partial charge in [-0.2, -0.15) is 0 Å². The van der Waals surface area contributed by atoms with Crippen LogP contribution in [-0.4, -0.2) is 12.1 Å². The lowest BCUT2D eigenvalue weighted by atomic mass is 9.90. The van der Waals surface area contributed by atoms with E-state index in [-0.39, 0.29) is 17.5 Å². The van der Waals surface area contributed by atoms with E-state index in [2.05, 4.69) is 6.92 Å². The van der Waals surface area contributed by atoms with Crippen LogP contribution in [0.3, 0.4) is 0 Å². The van der Waals surface area contributed by atoms with Gasteiger partial charge in [0.25, 0.3) is 0 Å². The molecule has 0 saturated carbocycles. The van der Waals surface area contributed by atoms with Gasteiger partial charge in [-0.15, -0.1) is 0 Å². The molecule has 0 aromatic heterocycles. The van der Waals surface area contributed by atoms with Crippen molar-refractivity contribution in [1.82, 2.24) is 0 Å². The van der Waals surface area contributed by atoms with Crippen molar-refractivity contribution in [1.29, 1.82) is 0 Å². The van der Waals surface area contributed by atoms with Gasteiger partial charge in [-0.1, -0.05) is 33.1 Å². The maximum absolute atomic E-state index is 11.8. The molecule has 0 heterocycles. The highest BCUT2D eigenvalue weighted by Gasteiger charge is 2.28. The van der Waals surface area contributed by atoms with Crippen molar-refractivity contribution in [2.45, 2.75) is 79.2 Å². The molecule has 0 fully saturated rings. The van der Waals surface area contributed by atoms with Crippen LogP contribution in [0, 0.1) is 5.41 Å². The van der Waals surface area contributed by atoms with E-state index in [1.54, 1.807) is 0 Å². The summed E-state index contributed by atoms with van der Waals surface area (Å²) in [7, 11) is 0. The highest BCUT2D eigenvalue weighted by Crippen LogP contribution is 2.23. The first kappa shape index (κ1) is 15.5. The molecule has 0 bridgehead atoms. The van der Waals surface area contributed by atoms with Gasteiger partial charge in [-0.25, -0.2) is 0 Å². The highest BCUT2D eigenvalue weighted by molar-refractivity contribution is 5.75. The number of carbonyl (C=O) groups excluding carboxylic acids is 1. The number of ether oxygens (including phenoxy) is 1. The van der Waals surface area contributed by atoms with Crippen molar-refractivity contribution in [3.8, 4) is 0 Å². The number of hydrogen-bond donors (Lipinski definition) is 0. The van der Waals surface area contributed by atoms with E-state index in [0.29, 0.717) is 0 Å². The zero-order valence-corrected chi connectivity index (χ0v) is 11.6. The van der Waals surface area contributed by atoms with Crippen LogP contribution < -0.4 is 0 Å². The van der Waals surface area contributed by atoms with Crippen LogP contribution >= 0.6 is 0 Å². The molecule has 0 aromatic rings. The highest BCUT2D eigenvalue weighted by atomic mass is 16.5. The fraction of sp³-hybridized carbons (Fsp3) is 0.929. The lowest BCUT2D eigenvalue weighted by molar-refractivity contribution is -0.159. The predicted octanol–water partition coefficient (Wildman–Crippen LogP) is 4.32. The topological polar surface area (TPSA) is 26.3 Å². The summed E-state index contributed by atoms with van der Waals surface area (Å²) in [6.45, 7) is 10.1. The zero-order chi connectivity index (χ0) is 12.6. The molecule has 0 N–H and O–H groups in total. The second-order valence-electron chi connectivity index (χ2n) is 5.30. The molecular formula is C14H28O2. The fourth-order valence-electron chi connectivity index (χ4n) is 1.40. The maximum Gasteiger partial charge on any atom is 0.311 e. The van der Waals surface area contributed by atoms with Gasteiger partial charge in [-0.3, -0.25) is 4.79 Å². The Kier molecular flexibility index (Phi) is 7.44. The largest absolute Gasteiger partial charge is 0.462 e. The molecule has 0 aliphatic rings.